The van der Waals surface area contributed by atoms with Crippen LogP contribution in [-0.2, 0) is 0 Å². The van der Waals surface area contributed by atoms with Crippen LogP contribution in [0.1, 0.15) is 30.1 Å². The first-order valence-corrected chi connectivity index (χ1v) is 7.96. The first kappa shape index (κ1) is 18.8. The van der Waals surface area contributed by atoms with Gasteiger partial charge in [0.15, 0.2) is 5.96 Å². The molecule has 0 bridgehead atoms. The van der Waals surface area contributed by atoms with Crippen LogP contribution >= 0.6 is 0 Å². The molecule has 6 heteroatoms. The zero-order chi connectivity index (χ0) is 17.1. The van der Waals surface area contributed by atoms with Crippen molar-refractivity contribution in [3.63, 3.8) is 0 Å². The summed E-state index contributed by atoms with van der Waals surface area (Å²) < 4.78 is 5.08. The fraction of sp³-hybridized carbons (Fsp3) is 0.529. The molecule has 1 aromatic carbocycles. The molecule has 0 fully saturated rings. The number of nitrogens with zero attached hydrogens (tertiary/aromatic N) is 2. The third kappa shape index (κ3) is 6.59. The number of rotatable bonds is 8. The molecular weight excluding hydrogens is 292 g/mol. The molecule has 0 saturated carbocycles. The lowest BCUT2D eigenvalue weighted by Crippen LogP contribution is -2.42. The van der Waals surface area contributed by atoms with Gasteiger partial charge in [-0.05, 0) is 30.7 Å². The molecule has 1 aromatic rings. The Hall–Kier alpha value is -2.24. The predicted octanol–water partition coefficient (Wildman–Crippen LogP) is 1.73. The summed E-state index contributed by atoms with van der Waals surface area (Å²) in [5.41, 5.74) is 0.621. The molecule has 0 spiro atoms. The zero-order valence-electron chi connectivity index (χ0n) is 14.6. The average molecular weight is 320 g/mol. The van der Waals surface area contributed by atoms with Crippen molar-refractivity contribution in [3.05, 3.63) is 29.8 Å². The van der Waals surface area contributed by atoms with Crippen LogP contribution < -0.4 is 15.4 Å². The highest BCUT2D eigenvalue weighted by atomic mass is 16.5. The second-order valence-corrected chi connectivity index (χ2v) is 5.23. The van der Waals surface area contributed by atoms with Crippen molar-refractivity contribution in [1.29, 1.82) is 0 Å². The van der Waals surface area contributed by atoms with Crippen LogP contribution in [0.25, 0.3) is 0 Å². The van der Waals surface area contributed by atoms with Crippen LogP contribution in [0.3, 0.4) is 0 Å². The summed E-state index contributed by atoms with van der Waals surface area (Å²) in [7, 11) is 5.38. The van der Waals surface area contributed by atoms with Gasteiger partial charge in [0.2, 0.25) is 0 Å². The van der Waals surface area contributed by atoms with Crippen LogP contribution in [0.5, 0.6) is 5.75 Å². The number of benzene rings is 1. The fourth-order valence-electron chi connectivity index (χ4n) is 2.08. The van der Waals surface area contributed by atoms with E-state index >= 15 is 0 Å². The Morgan fingerprint density at radius 2 is 1.87 bits per heavy atom. The maximum Gasteiger partial charge on any atom is 0.251 e. The van der Waals surface area contributed by atoms with Gasteiger partial charge in [-0.3, -0.25) is 9.79 Å². The summed E-state index contributed by atoms with van der Waals surface area (Å²) in [5, 5.41) is 6.13. The predicted molar refractivity (Wildman–Crippen MR) is 94.2 cm³/mol. The molecular formula is C17H28N4O2. The smallest absolute Gasteiger partial charge is 0.251 e. The van der Waals surface area contributed by atoms with Crippen molar-refractivity contribution in [2.24, 2.45) is 4.99 Å². The minimum atomic E-state index is -0.0937. The number of nitrogens with one attached hydrogen (secondary N) is 2. The standard InChI is InChI=1S/C17H28N4O2/c1-5-6-13-21(3)17(18-2)20-12-11-19-16(22)14-7-9-15(23-4)10-8-14/h7-10H,5-6,11-13H2,1-4H3,(H,18,20)(H,19,22). The van der Waals surface area contributed by atoms with E-state index in [1.165, 1.54) is 0 Å². The van der Waals surface area contributed by atoms with Gasteiger partial charge in [0, 0.05) is 39.3 Å². The average Bonchev–Trinajstić information content (AvgIpc) is 2.59. The quantitative estimate of drug-likeness (QED) is 0.435. The number of carbonyl (C=O) groups is 1. The third-order valence-corrected chi connectivity index (χ3v) is 3.47. The van der Waals surface area contributed by atoms with Gasteiger partial charge in [-0.2, -0.15) is 0 Å². The number of aliphatic imine (C=N–C) groups is 1. The maximum absolute atomic E-state index is 12.0. The van der Waals surface area contributed by atoms with Gasteiger partial charge >= 0.3 is 0 Å². The van der Waals surface area contributed by atoms with Crippen molar-refractivity contribution >= 4 is 11.9 Å². The van der Waals surface area contributed by atoms with E-state index in [-0.39, 0.29) is 5.91 Å². The number of ether oxygens (including phenoxy) is 1. The molecule has 0 aliphatic carbocycles. The molecule has 1 rings (SSSR count). The maximum atomic E-state index is 12.0. The van der Waals surface area contributed by atoms with E-state index in [1.54, 1.807) is 38.4 Å². The van der Waals surface area contributed by atoms with Crippen LogP contribution in [0, 0.1) is 0 Å². The Labute approximate surface area is 138 Å². The second kappa shape index (κ2) is 10.5. The number of unbranched alkanes of at least 4 members (excludes halogenated alkanes) is 1. The third-order valence-electron chi connectivity index (χ3n) is 3.47. The van der Waals surface area contributed by atoms with Crippen molar-refractivity contribution in [1.82, 2.24) is 15.5 Å². The van der Waals surface area contributed by atoms with Crippen LogP contribution in [0.4, 0.5) is 0 Å². The molecule has 0 atom stereocenters. The summed E-state index contributed by atoms with van der Waals surface area (Å²) >= 11 is 0. The lowest BCUT2D eigenvalue weighted by atomic mass is 10.2. The highest BCUT2D eigenvalue weighted by Crippen LogP contribution is 2.10. The van der Waals surface area contributed by atoms with E-state index in [2.05, 4.69) is 27.4 Å². The molecule has 1 amide bonds. The van der Waals surface area contributed by atoms with Crippen LogP contribution in [-0.4, -0.2) is 57.6 Å². The van der Waals surface area contributed by atoms with E-state index < -0.39 is 0 Å². The molecule has 0 aliphatic heterocycles. The monoisotopic (exact) mass is 320 g/mol. The minimum Gasteiger partial charge on any atom is -0.497 e. The van der Waals surface area contributed by atoms with Gasteiger partial charge in [-0.1, -0.05) is 13.3 Å². The Morgan fingerprint density at radius 1 is 1.22 bits per heavy atom. The van der Waals surface area contributed by atoms with E-state index in [0.29, 0.717) is 18.7 Å². The van der Waals surface area contributed by atoms with Crippen molar-refractivity contribution in [2.75, 3.05) is 40.8 Å². The summed E-state index contributed by atoms with van der Waals surface area (Å²) in [6, 6.07) is 7.05. The van der Waals surface area contributed by atoms with E-state index in [9.17, 15) is 4.79 Å². The zero-order valence-corrected chi connectivity index (χ0v) is 14.6. The van der Waals surface area contributed by atoms with Crippen molar-refractivity contribution in [2.45, 2.75) is 19.8 Å². The normalized spacial score (nSPS) is 11.0. The topological polar surface area (TPSA) is 66.0 Å². The molecule has 128 valence electrons. The van der Waals surface area contributed by atoms with Crippen LogP contribution in [0.2, 0.25) is 0 Å². The van der Waals surface area contributed by atoms with Crippen LogP contribution in [0.15, 0.2) is 29.3 Å². The Morgan fingerprint density at radius 3 is 2.43 bits per heavy atom. The van der Waals surface area contributed by atoms with Gasteiger partial charge in [0.25, 0.3) is 5.91 Å². The molecule has 23 heavy (non-hydrogen) atoms. The van der Waals surface area contributed by atoms with E-state index in [1.807, 2.05) is 7.05 Å². The lowest BCUT2D eigenvalue weighted by Gasteiger charge is -2.21. The molecule has 0 heterocycles. The number of carbonyl (C=O) groups excluding carboxylic acids is 1. The number of methoxy groups -OCH3 is 1. The first-order chi connectivity index (χ1) is 11.1. The highest BCUT2D eigenvalue weighted by molar-refractivity contribution is 5.94. The highest BCUT2D eigenvalue weighted by Gasteiger charge is 2.06. The fourth-order valence-corrected chi connectivity index (χ4v) is 2.08. The van der Waals surface area contributed by atoms with Gasteiger partial charge in [-0.15, -0.1) is 0 Å². The summed E-state index contributed by atoms with van der Waals surface area (Å²) in [6.07, 6.45) is 2.28. The van der Waals surface area contributed by atoms with E-state index in [4.69, 9.17) is 4.74 Å². The Balaban J connectivity index is 2.33. The first-order valence-electron chi connectivity index (χ1n) is 7.96. The molecule has 0 aromatic heterocycles. The van der Waals surface area contributed by atoms with E-state index in [0.717, 1.165) is 31.1 Å². The minimum absolute atomic E-state index is 0.0937. The number of hydrogen-bond donors (Lipinski definition) is 2. The molecule has 0 unspecified atom stereocenters. The van der Waals surface area contributed by atoms with Gasteiger partial charge in [-0.25, -0.2) is 0 Å². The molecule has 0 saturated heterocycles. The largest absolute Gasteiger partial charge is 0.497 e. The molecule has 2 N–H and O–H groups in total. The van der Waals surface area contributed by atoms with Crippen molar-refractivity contribution < 1.29 is 9.53 Å². The molecule has 0 radical (unpaired) electrons. The summed E-state index contributed by atoms with van der Waals surface area (Å²) in [6.45, 7) is 4.30. The Bertz CT molecular complexity index is 500. The van der Waals surface area contributed by atoms with Crippen molar-refractivity contribution in [3.8, 4) is 5.75 Å². The van der Waals surface area contributed by atoms with Gasteiger partial charge < -0.3 is 20.3 Å². The SMILES string of the molecule is CCCCN(C)C(=NC)NCCNC(=O)c1ccc(OC)cc1. The number of guanidine groups is 1. The number of amides is 1. The van der Waals surface area contributed by atoms with Gasteiger partial charge in [0.1, 0.15) is 5.75 Å². The van der Waals surface area contributed by atoms with Gasteiger partial charge in [0.05, 0.1) is 7.11 Å². The molecule has 6 nitrogen and oxygen atoms in total. The second-order valence-electron chi connectivity index (χ2n) is 5.23. The number of hydrogen-bond acceptors (Lipinski definition) is 3. The molecule has 0 aliphatic rings. The summed E-state index contributed by atoms with van der Waals surface area (Å²) in [4.78, 5) is 18.3. The lowest BCUT2D eigenvalue weighted by molar-refractivity contribution is 0.0954. The summed E-state index contributed by atoms with van der Waals surface area (Å²) in [5.74, 6) is 1.49. The Kier molecular flexibility index (Phi) is 8.57.